The van der Waals surface area contributed by atoms with Crippen molar-refractivity contribution < 1.29 is 14.3 Å². The zero-order valence-electron chi connectivity index (χ0n) is 15.5. The highest BCUT2D eigenvalue weighted by Crippen LogP contribution is 2.30. The third-order valence-electron chi connectivity index (χ3n) is 5.24. The molecule has 1 atom stereocenters. The van der Waals surface area contributed by atoms with Crippen LogP contribution in [0.2, 0.25) is 0 Å². The Hall–Kier alpha value is -2.57. The average molecular weight is 370 g/mol. The summed E-state index contributed by atoms with van der Waals surface area (Å²) in [6, 6.07) is 8.02. The van der Waals surface area contributed by atoms with Crippen molar-refractivity contribution in [1.82, 2.24) is 20.1 Å². The first-order valence-electron chi connectivity index (χ1n) is 9.83. The van der Waals surface area contributed by atoms with Crippen molar-refractivity contribution >= 4 is 5.91 Å². The quantitative estimate of drug-likeness (QED) is 0.846. The summed E-state index contributed by atoms with van der Waals surface area (Å²) in [7, 11) is 0. The number of carbonyl (C=O) groups excluding carboxylic acids is 1. The molecular formula is C20H26N4O3. The van der Waals surface area contributed by atoms with E-state index in [0.717, 1.165) is 30.2 Å². The van der Waals surface area contributed by atoms with E-state index in [2.05, 4.69) is 15.4 Å². The standard InChI is InChI=1S/C20H26N4O3/c25-20(21-12-16-13-26-17-8-4-5-9-18(17)27-16)11-10-19-22-14-23-24(19)15-6-2-1-3-7-15/h4-5,8-9,14-16H,1-3,6-7,10-13H2,(H,21,25). The number of para-hydroxylation sites is 2. The van der Waals surface area contributed by atoms with Gasteiger partial charge < -0.3 is 14.8 Å². The molecule has 1 aromatic heterocycles. The Balaban J connectivity index is 1.23. The molecule has 1 amide bonds. The number of benzene rings is 1. The number of hydrogen-bond donors (Lipinski definition) is 1. The summed E-state index contributed by atoms with van der Waals surface area (Å²) in [5.74, 6) is 2.38. The molecule has 7 heteroatoms. The molecule has 1 unspecified atom stereocenters. The first-order valence-corrected chi connectivity index (χ1v) is 9.83. The number of amides is 1. The van der Waals surface area contributed by atoms with Crippen LogP contribution in [0.3, 0.4) is 0 Å². The van der Waals surface area contributed by atoms with Crippen LogP contribution in [-0.2, 0) is 11.2 Å². The Morgan fingerprint density at radius 3 is 2.85 bits per heavy atom. The van der Waals surface area contributed by atoms with Crippen molar-refractivity contribution in [1.29, 1.82) is 0 Å². The zero-order chi connectivity index (χ0) is 18.5. The minimum atomic E-state index is -0.172. The SMILES string of the molecule is O=C(CCc1ncnn1C1CCCCC1)NCC1COc2ccccc2O1. The summed E-state index contributed by atoms with van der Waals surface area (Å²) in [5.41, 5.74) is 0. The fourth-order valence-corrected chi connectivity index (χ4v) is 3.79. The normalized spacial score (nSPS) is 19.6. The van der Waals surface area contributed by atoms with Gasteiger partial charge in [-0.3, -0.25) is 4.79 Å². The van der Waals surface area contributed by atoms with Crippen LogP contribution in [0.15, 0.2) is 30.6 Å². The number of hydrogen-bond acceptors (Lipinski definition) is 5. The molecule has 0 spiro atoms. The maximum absolute atomic E-state index is 12.2. The van der Waals surface area contributed by atoms with Crippen molar-refractivity contribution in [3.63, 3.8) is 0 Å². The van der Waals surface area contributed by atoms with Crippen molar-refractivity contribution in [2.45, 2.75) is 57.1 Å². The Labute approximate surface area is 159 Å². The molecule has 144 valence electrons. The molecule has 1 aliphatic carbocycles. The zero-order valence-corrected chi connectivity index (χ0v) is 15.5. The summed E-state index contributed by atoms with van der Waals surface area (Å²) in [6.45, 7) is 0.871. The van der Waals surface area contributed by atoms with Crippen LogP contribution in [-0.4, -0.2) is 39.9 Å². The monoisotopic (exact) mass is 370 g/mol. The largest absolute Gasteiger partial charge is 0.486 e. The van der Waals surface area contributed by atoms with Crippen LogP contribution < -0.4 is 14.8 Å². The van der Waals surface area contributed by atoms with E-state index in [1.807, 2.05) is 28.9 Å². The van der Waals surface area contributed by atoms with Crippen molar-refractivity contribution in [3.8, 4) is 11.5 Å². The first kappa shape index (κ1) is 17.8. The highest BCUT2D eigenvalue weighted by atomic mass is 16.6. The molecule has 2 aliphatic rings. The first-order chi connectivity index (χ1) is 13.3. The molecule has 4 rings (SSSR count). The van der Waals surface area contributed by atoms with Crippen LogP contribution in [0.1, 0.15) is 50.4 Å². The number of aromatic nitrogens is 3. The Morgan fingerprint density at radius 1 is 1.19 bits per heavy atom. The van der Waals surface area contributed by atoms with Gasteiger partial charge in [-0.2, -0.15) is 5.10 Å². The molecule has 7 nitrogen and oxygen atoms in total. The average Bonchev–Trinajstić information content (AvgIpc) is 3.20. The number of carbonyl (C=O) groups is 1. The molecule has 0 bridgehead atoms. The van der Waals surface area contributed by atoms with E-state index in [1.165, 1.54) is 19.3 Å². The molecule has 2 aromatic rings. The number of nitrogens with one attached hydrogen (secondary N) is 1. The summed E-state index contributed by atoms with van der Waals surface area (Å²) in [5, 5.41) is 7.34. The van der Waals surface area contributed by atoms with Crippen molar-refractivity contribution in [2.75, 3.05) is 13.2 Å². The summed E-state index contributed by atoms with van der Waals surface area (Å²) < 4.78 is 13.6. The van der Waals surface area contributed by atoms with Gasteiger partial charge in [0.15, 0.2) is 11.5 Å². The lowest BCUT2D eigenvalue weighted by Crippen LogP contribution is -2.40. The smallest absolute Gasteiger partial charge is 0.220 e. The molecule has 1 fully saturated rings. The van der Waals surface area contributed by atoms with Gasteiger partial charge in [-0.25, -0.2) is 9.67 Å². The number of aryl methyl sites for hydroxylation is 1. The van der Waals surface area contributed by atoms with E-state index in [0.29, 0.717) is 32.0 Å². The number of fused-ring (bicyclic) bond motifs is 1. The van der Waals surface area contributed by atoms with Gasteiger partial charge in [-0.15, -0.1) is 0 Å². The lowest BCUT2D eigenvalue weighted by atomic mass is 9.95. The van der Waals surface area contributed by atoms with Crippen molar-refractivity contribution in [2.24, 2.45) is 0 Å². The van der Waals surface area contributed by atoms with Gasteiger partial charge >= 0.3 is 0 Å². The molecule has 1 aliphatic heterocycles. The van der Waals surface area contributed by atoms with Gasteiger partial charge in [-0.1, -0.05) is 31.4 Å². The van der Waals surface area contributed by atoms with Gasteiger partial charge in [0.05, 0.1) is 12.6 Å². The fraction of sp³-hybridized carbons (Fsp3) is 0.550. The number of nitrogens with zero attached hydrogens (tertiary/aromatic N) is 3. The van der Waals surface area contributed by atoms with E-state index in [-0.39, 0.29) is 12.0 Å². The van der Waals surface area contributed by atoms with E-state index in [4.69, 9.17) is 9.47 Å². The Kier molecular flexibility index (Phi) is 5.55. The minimum Gasteiger partial charge on any atom is -0.486 e. The summed E-state index contributed by atoms with van der Waals surface area (Å²) in [6.07, 6.45) is 8.55. The van der Waals surface area contributed by atoms with Crippen LogP contribution in [0, 0.1) is 0 Å². The molecule has 0 saturated heterocycles. The van der Waals surface area contributed by atoms with Gasteiger partial charge in [0.25, 0.3) is 0 Å². The maximum atomic E-state index is 12.2. The van der Waals surface area contributed by atoms with Gasteiger partial charge in [0.2, 0.25) is 5.91 Å². The second-order valence-corrected chi connectivity index (χ2v) is 7.21. The molecular weight excluding hydrogens is 344 g/mol. The topological polar surface area (TPSA) is 78.3 Å². The second-order valence-electron chi connectivity index (χ2n) is 7.21. The third-order valence-corrected chi connectivity index (χ3v) is 5.24. The molecule has 0 radical (unpaired) electrons. The number of ether oxygens (including phenoxy) is 2. The number of rotatable bonds is 6. The van der Waals surface area contributed by atoms with E-state index in [1.54, 1.807) is 6.33 Å². The minimum absolute atomic E-state index is 0.00403. The van der Waals surface area contributed by atoms with E-state index < -0.39 is 0 Å². The lowest BCUT2D eigenvalue weighted by Gasteiger charge is -2.26. The van der Waals surface area contributed by atoms with Gasteiger partial charge in [0, 0.05) is 12.8 Å². The fourth-order valence-electron chi connectivity index (χ4n) is 3.79. The molecule has 1 N–H and O–H groups in total. The molecule has 1 aromatic carbocycles. The lowest BCUT2D eigenvalue weighted by molar-refractivity contribution is -0.121. The third kappa shape index (κ3) is 4.40. The highest BCUT2D eigenvalue weighted by Gasteiger charge is 2.22. The predicted octanol–water partition coefficient (Wildman–Crippen LogP) is 2.67. The van der Waals surface area contributed by atoms with E-state index >= 15 is 0 Å². The maximum Gasteiger partial charge on any atom is 0.220 e. The van der Waals surface area contributed by atoms with Crippen LogP contribution in [0.25, 0.3) is 0 Å². The summed E-state index contributed by atoms with van der Waals surface area (Å²) in [4.78, 5) is 16.6. The molecule has 27 heavy (non-hydrogen) atoms. The van der Waals surface area contributed by atoms with E-state index in [9.17, 15) is 4.79 Å². The second kappa shape index (κ2) is 8.41. The van der Waals surface area contributed by atoms with Gasteiger partial charge in [0.1, 0.15) is 24.9 Å². The Morgan fingerprint density at radius 2 is 2.00 bits per heavy atom. The Bertz CT molecular complexity index is 770. The van der Waals surface area contributed by atoms with Crippen molar-refractivity contribution in [3.05, 3.63) is 36.4 Å². The molecule has 1 saturated carbocycles. The molecule has 2 heterocycles. The van der Waals surface area contributed by atoms with Crippen LogP contribution in [0.4, 0.5) is 0 Å². The van der Waals surface area contributed by atoms with Crippen LogP contribution >= 0.6 is 0 Å². The highest BCUT2D eigenvalue weighted by molar-refractivity contribution is 5.76. The predicted molar refractivity (Wildman–Crippen MR) is 99.8 cm³/mol. The summed E-state index contributed by atoms with van der Waals surface area (Å²) >= 11 is 0. The van der Waals surface area contributed by atoms with Crippen LogP contribution in [0.5, 0.6) is 11.5 Å². The van der Waals surface area contributed by atoms with Gasteiger partial charge in [-0.05, 0) is 25.0 Å².